The molecule has 1 saturated carbocycles. The normalized spacial score (nSPS) is 25.0. The maximum absolute atomic E-state index is 5.62. The molecule has 1 unspecified atom stereocenters. The molecule has 1 aliphatic rings. The number of aromatic nitrogens is 2. The first-order chi connectivity index (χ1) is 9.94. The fourth-order valence-corrected chi connectivity index (χ4v) is 3.19. The lowest BCUT2D eigenvalue weighted by Gasteiger charge is -2.36. The number of methoxy groups -OCH3 is 1. The standard InChI is InChI=1S/C16H29N3O2/c1-16(2,3)12-7-5-11(6-8-12)15-18-14(21-19-15)9-13(10-17)20-4/h11-13H,5-10,17H2,1-4H3. The average molecular weight is 295 g/mol. The van der Waals surface area contributed by atoms with Crippen LogP contribution in [0.15, 0.2) is 4.52 Å². The van der Waals surface area contributed by atoms with Gasteiger partial charge < -0.3 is 15.0 Å². The largest absolute Gasteiger partial charge is 0.380 e. The molecule has 2 rings (SSSR count). The van der Waals surface area contributed by atoms with Gasteiger partial charge in [0, 0.05) is 19.6 Å². The van der Waals surface area contributed by atoms with Gasteiger partial charge in [-0.2, -0.15) is 4.98 Å². The fraction of sp³-hybridized carbons (Fsp3) is 0.875. The van der Waals surface area contributed by atoms with Crippen LogP contribution in [0.4, 0.5) is 0 Å². The van der Waals surface area contributed by atoms with Gasteiger partial charge in [-0.05, 0) is 37.0 Å². The third-order valence-electron chi connectivity index (χ3n) is 4.80. The summed E-state index contributed by atoms with van der Waals surface area (Å²) < 4.78 is 10.6. The Bertz CT molecular complexity index is 427. The molecule has 1 aliphatic carbocycles. The van der Waals surface area contributed by atoms with Crippen molar-refractivity contribution in [1.29, 1.82) is 0 Å². The van der Waals surface area contributed by atoms with Gasteiger partial charge in [-0.25, -0.2) is 0 Å². The molecular formula is C16H29N3O2. The molecule has 0 amide bonds. The van der Waals surface area contributed by atoms with Gasteiger partial charge >= 0.3 is 0 Å². The highest BCUT2D eigenvalue weighted by molar-refractivity contribution is 4.99. The van der Waals surface area contributed by atoms with Crippen LogP contribution in [-0.4, -0.2) is 29.9 Å². The van der Waals surface area contributed by atoms with E-state index in [4.69, 9.17) is 15.0 Å². The van der Waals surface area contributed by atoms with Crippen LogP contribution in [0.3, 0.4) is 0 Å². The van der Waals surface area contributed by atoms with E-state index in [1.165, 1.54) is 12.8 Å². The summed E-state index contributed by atoms with van der Waals surface area (Å²) in [5.74, 6) is 2.75. The van der Waals surface area contributed by atoms with E-state index in [-0.39, 0.29) is 6.10 Å². The van der Waals surface area contributed by atoms with Crippen molar-refractivity contribution in [3.05, 3.63) is 11.7 Å². The molecule has 120 valence electrons. The Kier molecular flexibility index (Phi) is 5.38. The van der Waals surface area contributed by atoms with Crippen LogP contribution in [0.5, 0.6) is 0 Å². The third-order valence-corrected chi connectivity index (χ3v) is 4.80. The van der Waals surface area contributed by atoms with E-state index in [0.29, 0.717) is 30.2 Å². The lowest BCUT2D eigenvalue weighted by Crippen LogP contribution is -2.25. The Morgan fingerprint density at radius 3 is 2.48 bits per heavy atom. The van der Waals surface area contributed by atoms with Crippen molar-refractivity contribution >= 4 is 0 Å². The van der Waals surface area contributed by atoms with Gasteiger partial charge in [0.25, 0.3) is 0 Å². The van der Waals surface area contributed by atoms with Crippen LogP contribution < -0.4 is 5.73 Å². The maximum Gasteiger partial charge on any atom is 0.229 e. The van der Waals surface area contributed by atoms with Crippen LogP contribution in [0.25, 0.3) is 0 Å². The van der Waals surface area contributed by atoms with Crippen molar-refractivity contribution in [2.45, 2.75) is 64.9 Å². The summed E-state index contributed by atoms with van der Waals surface area (Å²) in [6.45, 7) is 7.47. The van der Waals surface area contributed by atoms with Gasteiger partial charge in [0.2, 0.25) is 5.89 Å². The summed E-state index contributed by atoms with van der Waals surface area (Å²) in [4.78, 5) is 4.54. The number of nitrogens with two attached hydrogens (primary N) is 1. The molecule has 5 heteroatoms. The molecule has 0 radical (unpaired) electrons. The second-order valence-corrected chi connectivity index (χ2v) is 7.26. The molecule has 1 aromatic rings. The number of hydrogen-bond donors (Lipinski definition) is 1. The topological polar surface area (TPSA) is 74.2 Å². The Balaban J connectivity index is 1.91. The maximum atomic E-state index is 5.62. The first kappa shape index (κ1) is 16.4. The molecule has 0 aromatic carbocycles. The quantitative estimate of drug-likeness (QED) is 0.904. The molecule has 0 bridgehead atoms. The smallest absolute Gasteiger partial charge is 0.229 e. The Labute approximate surface area is 127 Å². The molecule has 1 fully saturated rings. The van der Waals surface area contributed by atoms with E-state index in [0.717, 1.165) is 24.6 Å². The summed E-state index contributed by atoms with van der Waals surface area (Å²) in [6.07, 6.45) is 5.37. The molecule has 0 saturated heterocycles. The molecule has 21 heavy (non-hydrogen) atoms. The van der Waals surface area contributed by atoms with E-state index in [9.17, 15) is 0 Å². The Morgan fingerprint density at radius 2 is 1.95 bits per heavy atom. The summed E-state index contributed by atoms with van der Waals surface area (Å²) in [5.41, 5.74) is 6.02. The van der Waals surface area contributed by atoms with E-state index in [1.807, 2.05) is 0 Å². The number of hydrogen-bond acceptors (Lipinski definition) is 5. The molecule has 1 atom stereocenters. The zero-order valence-corrected chi connectivity index (χ0v) is 13.8. The molecule has 1 aromatic heterocycles. The first-order valence-corrected chi connectivity index (χ1v) is 7.99. The SMILES string of the molecule is COC(CN)Cc1nc(C2CCC(C(C)(C)C)CC2)no1. The van der Waals surface area contributed by atoms with Crippen molar-refractivity contribution in [3.8, 4) is 0 Å². The second-order valence-electron chi connectivity index (χ2n) is 7.26. The van der Waals surface area contributed by atoms with E-state index in [2.05, 4.69) is 30.9 Å². The summed E-state index contributed by atoms with van der Waals surface area (Å²) in [5, 5.41) is 4.17. The average Bonchev–Trinajstić information content (AvgIpc) is 2.92. The molecular weight excluding hydrogens is 266 g/mol. The Hall–Kier alpha value is -0.940. The predicted molar refractivity (Wildman–Crippen MR) is 82.0 cm³/mol. The number of rotatable bonds is 5. The van der Waals surface area contributed by atoms with Crippen molar-refractivity contribution in [1.82, 2.24) is 10.1 Å². The van der Waals surface area contributed by atoms with Gasteiger partial charge in [0.1, 0.15) is 0 Å². The van der Waals surface area contributed by atoms with E-state index < -0.39 is 0 Å². The van der Waals surface area contributed by atoms with Crippen LogP contribution >= 0.6 is 0 Å². The van der Waals surface area contributed by atoms with Crippen molar-refractivity contribution in [3.63, 3.8) is 0 Å². The fourth-order valence-electron chi connectivity index (χ4n) is 3.19. The van der Waals surface area contributed by atoms with Crippen LogP contribution in [0.2, 0.25) is 0 Å². The van der Waals surface area contributed by atoms with Crippen molar-refractivity contribution in [2.75, 3.05) is 13.7 Å². The molecule has 1 heterocycles. The minimum Gasteiger partial charge on any atom is -0.380 e. The van der Waals surface area contributed by atoms with Crippen molar-refractivity contribution < 1.29 is 9.26 Å². The van der Waals surface area contributed by atoms with Crippen LogP contribution in [0, 0.1) is 11.3 Å². The minimum atomic E-state index is -0.0464. The highest BCUT2D eigenvalue weighted by Crippen LogP contribution is 2.42. The zero-order chi connectivity index (χ0) is 15.5. The number of nitrogens with zero attached hydrogens (tertiary/aromatic N) is 2. The zero-order valence-electron chi connectivity index (χ0n) is 13.8. The summed E-state index contributed by atoms with van der Waals surface area (Å²) >= 11 is 0. The highest BCUT2D eigenvalue weighted by Gasteiger charge is 2.32. The van der Waals surface area contributed by atoms with Gasteiger partial charge in [-0.15, -0.1) is 0 Å². The van der Waals surface area contributed by atoms with Gasteiger partial charge in [-0.3, -0.25) is 0 Å². The third kappa shape index (κ3) is 4.27. The minimum absolute atomic E-state index is 0.0464. The molecule has 0 spiro atoms. The highest BCUT2D eigenvalue weighted by atomic mass is 16.5. The van der Waals surface area contributed by atoms with Crippen LogP contribution in [0.1, 0.15) is 64.1 Å². The van der Waals surface area contributed by atoms with E-state index in [1.54, 1.807) is 7.11 Å². The van der Waals surface area contributed by atoms with Gasteiger partial charge in [0.05, 0.1) is 12.5 Å². The molecule has 5 nitrogen and oxygen atoms in total. The van der Waals surface area contributed by atoms with Gasteiger partial charge in [0.15, 0.2) is 5.82 Å². The number of ether oxygens (including phenoxy) is 1. The Morgan fingerprint density at radius 1 is 1.29 bits per heavy atom. The second kappa shape index (κ2) is 6.88. The lowest BCUT2D eigenvalue weighted by molar-refractivity contribution is 0.102. The first-order valence-electron chi connectivity index (χ1n) is 7.99. The van der Waals surface area contributed by atoms with Crippen molar-refractivity contribution in [2.24, 2.45) is 17.1 Å². The van der Waals surface area contributed by atoms with Crippen LogP contribution in [-0.2, 0) is 11.2 Å². The van der Waals surface area contributed by atoms with E-state index >= 15 is 0 Å². The summed E-state index contributed by atoms with van der Waals surface area (Å²) in [6, 6.07) is 0. The van der Waals surface area contributed by atoms with Gasteiger partial charge in [-0.1, -0.05) is 25.9 Å². The monoisotopic (exact) mass is 295 g/mol. The molecule has 2 N–H and O–H groups in total. The summed E-state index contributed by atoms with van der Waals surface area (Å²) in [7, 11) is 1.66. The molecule has 0 aliphatic heterocycles. The lowest BCUT2D eigenvalue weighted by atomic mass is 9.70. The predicted octanol–water partition coefficient (Wildman–Crippen LogP) is 2.91.